The lowest BCUT2D eigenvalue weighted by Gasteiger charge is -2.29. The zero-order valence-electron chi connectivity index (χ0n) is 14.2. The summed E-state index contributed by atoms with van der Waals surface area (Å²) < 4.78 is 9.99. The van der Waals surface area contributed by atoms with Gasteiger partial charge in [-0.25, -0.2) is 9.59 Å². The maximum absolute atomic E-state index is 12.4. The molecule has 1 rings (SSSR count). The highest BCUT2D eigenvalue weighted by Crippen LogP contribution is 2.19. The summed E-state index contributed by atoms with van der Waals surface area (Å²) in [6.07, 6.45) is 2.55. The van der Waals surface area contributed by atoms with Crippen molar-refractivity contribution in [1.82, 2.24) is 0 Å². The Hall–Kier alpha value is -2.14. The molecule has 0 amide bonds. The summed E-state index contributed by atoms with van der Waals surface area (Å²) in [4.78, 5) is 24.5. The van der Waals surface area contributed by atoms with Crippen LogP contribution in [0.3, 0.4) is 0 Å². The minimum Gasteiger partial charge on any atom is -0.467 e. The third kappa shape index (κ3) is 5.21. The van der Waals surface area contributed by atoms with Crippen molar-refractivity contribution < 1.29 is 19.1 Å². The smallest absolute Gasteiger partial charge is 0.338 e. The van der Waals surface area contributed by atoms with Crippen LogP contribution in [0, 0.1) is 0 Å². The summed E-state index contributed by atoms with van der Waals surface area (Å²) in [7, 11) is 1.20. The molecule has 0 saturated heterocycles. The van der Waals surface area contributed by atoms with Gasteiger partial charge in [0.05, 0.1) is 7.11 Å². The number of carbonyl (C=O) groups excluding carboxylic acids is 2. The lowest BCUT2D eigenvalue weighted by atomic mass is 9.91. The fourth-order valence-electron chi connectivity index (χ4n) is 2.06. The molecule has 0 radical (unpaired) electrons. The highest BCUT2D eigenvalue weighted by molar-refractivity contribution is 6.05. The van der Waals surface area contributed by atoms with E-state index in [1.807, 2.05) is 24.3 Å². The van der Waals surface area contributed by atoms with Crippen LogP contribution in [0.25, 0.3) is 0 Å². The Morgan fingerprint density at radius 3 is 2.09 bits per heavy atom. The third-order valence-corrected chi connectivity index (χ3v) is 3.20. The molecule has 0 fully saturated rings. The van der Waals surface area contributed by atoms with Gasteiger partial charge in [-0.15, -0.1) is 6.58 Å². The number of hydrogen-bond acceptors (Lipinski definition) is 5. The van der Waals surface area contributed by atoms with Crippen molar-refractivity contribution in [3.05, 3.63) is 48.0 Å². The van der Waals surface area contributed by atoms with E-state index < -0.39 is 23.1 Å². The highest BCUT2D eigenvalue weighted by Gasteiger charge is 2.46. The molecule has 1 aromatic carbocycles. The molecule has 126 valence electrons. The minimum absolute atomic E-state index is 0.00293. The summed E-state index contributed by atoms with van der Waals surface area (Å²) in [5.41, 5.74) is 5.28. The molecule has 0 aliphatic heterocycles. The molecule has 0 aliphatic rings. The highest BCUT2D eigenvalue weighted by atomic mass is 16.6. The maximum Gasteiger partial charge on any atom is 0.338 e. The van der Waals surface area contributed by atoms with E-state index in [1.165, 1.54) is 7.11 Å². The molecule has 5 heteroatoms. The zero-order chi connectivity index (χ0) is 17.7. The Kier molecular flexibility index (Phi) is 6.10. The molecule has 0 heterocycles. The minimum atomic E-state index is -1.87. The van der Waals surface area contributed by atoms with E-state index in [1.54, 1.807) is 26.8 Å². The summed E-state index contributed by atoms with van der Waals surface area (Å²) >= 11 is 0. The van der Waals surface area contributed by atoms with Crippen molar-refractivity contribution in [2.45, 2.75) is 44.8 Å². The summed E-state index contributed by atoms with van der Waals surface area (Å²) in [6, 6.07) is 7.47. The van der Waals surface area contributed by atoms with Crippen LogP contribution in [0.2, 0.25) is 0 Å². The number of methoxy groups -OCH3 is 1. The van der Waals surface area contributed by atoms with Gasteiger partial charge >= 0.3 is 11.9 Å². The fourth-order valence-corrected chi connectivity index (χ4v) is 2.06. The fraction of sp³-hybridized carbons (Fsp3) is 0.444. The lowest BCUT2D eigenvalue weighted by Crippen LogP contribution is -2.59. The Balaban J connectivity index is 3.04. The monoisotopic (exact) mass is 319 g/mol. The number of ether oxygens (including phenoxy) is 2. The van der Waals surface area contributed by atoms with Gasteiger partial charge in [0.1, 0.15) is 5.60 Å². The Morgan fingerprint density at radius 2 is 1.65 bits per heavy atom. The van der Waals surface area contributed by atoms with Crippen LogP contribution >= 0.6 is 0 Å². The van der Waals surface area contributed by atoms with Crippen molar-refractivity contribution in [2.24, 2.45) is 5.73 Å². The first-order chi connectivity index (χ1) is 10.6. The molecule has 0 bridgehead atoms. The number of carbonyl (C=O) groups is 2. The van der Waals surface area contributed by atoms with E-state index in [-0.39, 0.29) is 6.42 Å². The number of esters is 2. The Labute approximate surface area is 137 Å². The van der Waals surface area contributed by atoms with Crippen molar-refractivity contribution in [1.29, 1.82) is 0 Å². The zero-order valence-corrected chi connectivity index (χ0v) is 14.2. The second-order valence-electron chi connectivity index (χ2n) is 6.45. The van der Waals surface area contributed by atoms with Crippen LogP contribution in [0.15, 0.2) is 36.9 Å². The van der Waals surface area contributed by atoms with E-state index in [4.69, 9.17) is 15.2 Å². The van der Waals surface area contributed by atoms with Crippen LogP contribution in [-0.4, -0.2) is 30.2 Å². The van der Waals surface area contributed by atoms with Crippen LogP contribution in [0.5, 0.6) is 0 Å². The topological polar surface area (TPSA) is 78.6 Å². The second kappa shape index (κ2) is 7.42. The molecule has 2 N–H and O–H groups in total. The van der Waals surface area contributed by atoms with Crippen molar-refractivity contribution >= 4 is 11.9 Å². The van der Waals surface area contributed by atoms with Gasteiger partial charge in [0.15, 0.2) is 0 Å². The summed E-state index contributed by atoms with van der Waals surface area (Å²) in [5.74, 6) is -1.62. The van der Waals surface area contributed by atoms with Gasteiger partial charge in [0.2, 0.25) is 5.54 Å². The largest absolute Gasteiger partial charge is 0.467 e. The van der Waals surface area contributed by atoms with Gasteiger partial charge in [0, 0.05) is 6.42 Å². The van der Waals surface area contributed by atoms with Gasteiger partial charge in [-0.3, -0.25) is 0 Å². The first kappa shape index (κ1) is 18.9. The predicted octanol–water partition coefficient (Wildman–Crippen LogP) is 2.17. The molecule has 5 nitrogen and oxygen atoms in total. The maximum atomic E-state index is 12.4. The predicted molar refractivity (Wildman–Crippen MR) is 88.8 cm³/mol. The van der Waals surface area contributed by atoms with Gasteiger partial charge < -0.3 is 15.2 Å². The normalized spacial score (nSPS) is 13.8. The van der Waals surface area contributed by atoms with Gasteiger partial charge in [-0.05, 0) is 38.3 Å². The molecular weight excluding hydrogens is 294 g/mol. The van der Waals surface area contributed by atoms with E-state index in [0.29, 0.717) is 0 Å². The Morgan fingerprint density at radius 1 is 1.13 bits per heavy atom. The molecule has 1 atom stereocenters. The van der Waals surface area contributed by atoms with E-state index in [9.17, 15) is 9.59 Å². The molecule has 1 aromatic rings. The molecule has 0 aliphatic carbocycles. The van der Waals surface area contributed by atoms with Crippen molar-refractivity contribution in [3.8, 4) is 0 Å². The van der Waals surface area contributed by atoms with Gasteiger partial charge in [-0.1, -0.05) is 30.3 Å². The average molecular weight is 319 g/mol. The second-order valence-corrected chi connectivity index (χ2v) is 6.45. The number of allylic oxidation sites excluding steroid dienone is 1. The summed E-state index contributed by atoms with van der Waals surface area (Å²) in [6.45, 7) is 8.83. The average Bonchev–Trinajstić information content (AvgIpc) is 2.46. The van der Waals surface area contributed by atoms with Gasteiger partial charge in [0.25, 0.3) is 0 Å². The molecule has 0 aromatic heterocycles. The van der Waals surface area contributed by atoms with Crippen molar-refractivity contribution in [2.75, 3.05) is 7.11 Å². The quantitative estimate of drug-likeness (QED) is 0.494. The van der Waals surface area contributed by atoms with Crippen LogP contribution in [-0.2, 0) is 31.9 Å². The van der Waals surface area contributed by atoms with Crippen LogP contribution < -0.4 is 5.73 Å². The van der Waals surface area contributed by atoms with E-state index in [0.717, 1.165) is 17.5 Å². The van der Waals surface area contributed by atoms with Crippen molar-refractivity contribution in [3.63, 3.8) is 0 Å². The number of nitrogens with two attached hydrogens (primary N) is 1. The van der Waals surface area contributed by atoms with Crippen LogP contribution in [0.4, 0.5) is 0 Å². The summed E-state index contributed by atoms with van der Waals surface area (Å²) in [5, 5.41) is 0. The molecule has 1 unspecified atom stereocenters. The Bertz CT molecular complexity index is 572. The molecule has 0 spiro atoms. The number of rotatable bonds is 6. The van der Waals surface area contributed by atoms with Gasteiger partial charge in [-0.2, -0.15) is 0 Å². The number of benzene rings is 1. The standard InChI is InChI=1S/C18H25NO4/c1-6-7-13-8-10-14(11-9-13)12-18(19,15(20)22-5)16(21)23-17(2,3)4/h6,8-11H,1,7,12,19H2,2-5H3. The molecule has 0 saturated carbocycles. The van der Waals surface area contributed by atoms with E-state index >= 15 is 0 Å². The van der Waals surface area contributed by atoms with Crippen LogP contribution in [0.1, 0.15) is 31.9 Å². The van der Waals surface area contributed by atoms with E-state index in [2.05, 4.69) is 6.58 Å². The SMILES string of the molecule is C=CCc1ccc(CC(N)(C(=O)OC)C(=O)OC(C)(C)C)cc1. The molecular formula is C18H25NO4. The molecule has 23 heavy (non-hydrogen) atoms. The lowest BCUT2D eigenvalue weighted by molar-refractivity contribution is -0.170. The first-order valence-corrected chi connectivity index (χ1v) is 7.42. The third-order valence-electron chi connectivity index (χ3n) is 3.20. The first-order valence-electron chi connectivity index (χ1n) is 7.42. The number of hydrogen-bond donors (Lipinski definition) is 1.